The molecule has 2 aliphatic rings. The number of fused-ring (bicyclic) bond motifs is 1. The Labute approximate surface area is 234 Å². The zero-order chi connectivity index (χ0) is 28.0. The molecule has 0 unspecified atom stereocenters. The number of nitrogens with zero attached hydrogens (tertiary/aromatic N) is 6. The van der Waals surface area contributed by atoms with Gasteiger partial charge in [0, 0.05) is 31.7 Å². The number of thioether (sulfide) groups is 1. The fourth-order valence-corrected chi connectivity index (χ4v) is 5.17. The van der Waals surface area contributed by atoms with Gasteiger partial charge in [-0.2, -0.15) is 5.26 Å². The first-order valence-electron chi connectivity index (χ1n) is 13.2. The van der Waals surface area contributed by atoms with E-state index in [0.717, 1.165) is 35.5 Å². The lowest BCUT2D eigenvalue weighted by molar-refractivity contribution is 0.0234. The van der Waals surface area contributed by atoms with Crippen molar-refractivity contribution in [1.82, 2.24) is 19.8 Å². The maximum Gasteiger partial charge on any atom is 0.410 e. The van der Waals surface area contributed by atoms with Crippen molar-refractivity contribution in [3.63, 3.8) is 0 Å². The van der Waals surface area contributed by atoms with Crippen LogP contribution in [0, 0.1) is 11.3 Å². The van der Waals surface area contributed by atoms with Gasteiger partial charge in [0.15, 0.2) is 5.16 Å². The monoisotopic (exact) mass is 552 g/mol. The van der Waals surface area contributed by atoms with Crippen molar-refractivity contribution in [3.8, 4) is 6.07 Å². The maximum absolute atomic E-state index is 13.0. The maximum atomic E-state index is 13.0. The Balaban J connectivity index is 1.53. The minimum Gasteiger partial charge on any atom is -0.445 e. The Kier molecular flexibility index (Phi) is 9.17. The smallest absolute Gasteiger partial charge is 0.410 e. The largest absolute Gasteiger partial charge is 0.445 e. The second kappa shape index (κ2) is 12.6. The molecule has 1 aromatic heterocycles. The van der Waals surface area contributed by atoms with Gasteiger partial charge >= 0.3 is 12.2 Å². The summed E-state index contributed by atoms with van der Waals surface area (Å²) in [6, 6.07) is 11.4. The number of piperazine rings is 1. The summed E-state index contributed by atoms with van der Waals surface area (Å²) in [5, 5.41) is 10.2. The number of hydrogen-bond acceptors (Lipinski definition) is 9. The lowest BCUT2D eigenvalue weighted by Gasteiger charge is -2.41. The predicted octanol–water partition coefficient (Wildman–Crippen LogP) is 4.62. The first-order chi connectivity index (χ1) is 18.7. The second-order valence-electron chi connectivity index (χ2n) is 10.7. The SMILES string of the molecule is CSc1nc2c(c(N3CCN(C(=O)OCc4ccccc4)[C@@H](CC#N)C3)n1)CCCN(C(=O)OC(C)(C)C)C2. The van der Waals surface area contributed by atoms with Crippen LogP contribution >= 0.6 is 11.8 Å². The quantitative estimate of drug-likeness (QED) is 0.387. The topological polar surface area (TPSA) is 112 Å². The molecule has 0 bridgehead atoms. The summed E-state index contributed by atoms with van der Waals surface area (Å²) in [6.07, 6.45) is 2.82. The van der Waals surface area contributed by atoms with Crippen LogP contribution in [0.4, 0.5) is 15.4 Å². The van der Waals surface area contributed by atoms with Crippen molar-refractivity contribution >= 4 is 29.8 Å². The molecular formula is C28H36N6O4S. The Morgan fingerprint density at radius 2 is 1.90 bits per heavy atom. The van der Waals surface area contributed by atoms with Gasteiger partial charge in [-0.05, 0) is 45.4 Å². The molecule has 3 heterocycles. The van der Waals surface area contributed by atoms with Crippen molar-refractivity contribution in [2.75, 3.05) is 37.3 Å². The summed E-state index contributed by atoms with van der Waals surface area (Å²) in [6.45, 7) is 8.10. The van der Waals surface area contributed by atoms with Gasteiger partial charge in [-0.3, -0.25) is 0 Å². The number of nitriles is 1. The van der Waals surface area contributed by atoms with E-state index in [2.05, 4.69) is 11.0 Å². The Hall–Kier alpha value is -3.52. The molecule has 11 heteroatoms. The molecule has 208 valence electrons. The molecule has 0 spiro atoms. The fourth-order valence-electron chi connectivity index (χ4n) is 4.79. The van der Waals surface area contributed by atoms with Crippen molar-refractivity contribution in [2.45, 2.75) is 70.0 Å². The highest BCUT2D eigenvalue weighted by Gasteiger charge is 2.34. The number of hydrogen-bond donors (Lipinski definition) is 0. The molecule has 1 fully saturated rings. The van der Waals surface area contributed by atoms with E-state index >= 15 is 0 Å². The molecule has 0 aliphatic carbocycles. The van der Waals surface area contributed by atoms with Gasteiger partial charge in [0.2, 0.25) is 0 Å². The second-order valence-corrected chi connectivity index (χ2v) is 11.4. The van der Waals surface area contributed by atoms with E-state index in [9.17, 15) is 14.9 Å². The zero-order valence-electron chi connectivity index (χ0n) is 23.1. The highest BCUT2D eigenvalue weighted by Crippen LogP contribution is 2.31. The zero-order valence-corrected chi connectivity index (χ0v) is 23.9. The molecule has 0 radical (unpaired) electrons. The van der Waals surface area contributed by atoms with Crippen LogP contribution in [0.1, 0.15) is 50.4 Å². The summed E-state index contributed by atoms with van der Waals surface area (Å²) in [4.78, 5) is 41.0. The van der Waals surface area contributed by atoms with E-state index in [1.54, 1.807) is 9.80 Å². The van der Waals surface area contributed by atoms with Crippen LogP contribution in [0.3, 0.4) is 0 Å². The van der Waals surface area contributed by atoms with E-state index in [4.69, 9.17) is 19.4 Å². The van der Waals surface area contributed by atoms with Gasteiger partial charge in [0.1, 0.15) is 18.0 Å². The summed E-state index contributed by atoms with van der Waals surface area (Å²) >= 11 is 1.45. The van der Waals surface area contributed by atoms with Gasteiger partial charge in [0.25, 0.3) is 0 Å². The highest BCUT2D eigenvalue weighted by atomic mass is 32.2. The van der Waals surface area contributed by atoms with Gasteiger partial charge in [-0.15, -0.1) is 0 Å². The van der Waals surface area contributed by atoms with E-state index in [1.807, 2.05) is 57.4 Å². The number of benzene rings is 1. The van der Waals surface area contributed by atoms with E-state index in [1.165, 1.54) is 11.8 Å². The molecule has 1 aromatic carbocycles. The van der Waals surface area contributed by atoms with Crippen molar-refractivity contribution in [1.29, 1.82) is 5.26 Å². The molecule has 2 aliphatic heterocycles. The number of carbonyl (C=O) groups is 2. The Bertz CT molecular complexity index is 1210. The first kappa shape index (κ1) is 28.5. The summed E-state index contributed by atoms with van der Waals surface area (Å²) < 4.78 is 11.2. The third-order valence-electron chi connectivity index (χ3n) is 6.63. The molecule has 4 rings (SSSR count). The summed E-state index contributed by atoms with van der Waals surface area (Å²) in [5.41, 5.74) is 2.16. The molecule has 1 saturated heterocycles. The van der Waals surface area contributed by atoms with Gasteiger partial charge < -0.3 is 24.2 Å². The molecule has 2 amide bonds. The minimum atomic E-state index is -0.578. The Morgan fingerprint density at radius 1 is 1.13 bits per heavy atom. The van der Waals surface area contributed by atoms with Crippen molar-refractivity contribution < 1.29 is 19.1 Å². The van der Waals surface area contributed by atoms with Crippen molar-refractivity contribution in [3.05, 3.63) is 47.2 Å². The molecule has 1 atom stereocenters. The van der Waals surface area contributed by atoms with Crippen LogP contribution in [0.5, 0.6) is 0 Å². The molecule has 0 saturated carbocycles. The van der Waals surface area contributed by atoms with Crippen LogP contribution in [-0.2, 0) is 29.0 Å². The summed E-state index contributed by atoms with van der Waals surface area (Å²) in [5.74, 6) is 0.815. The number of aromatic nitrogens is 2. The highest BCUT2D eigenvalue weighted by molar-refractivity contribution is 7.98. The average Bonchev–Trinajstić information content (AvgIpc) is 3.14. The fraction of sp³-hybridized carbons (Fsp3) is 0.536. The van der Waals surface area contributed by atoms with Gasteiger partial charge in [0.05, 0.1) is 30.8 Å². The van der Waals surface area contributed by atoms with E-state index in [0.29, 0.717) is 37.9 Å². The molecule has 10 nitrogen and oxygen atoms in total. The number of amides is 2. The average molecular weight is 553 g/mol. The standard InChI is InChI=1S/C28H36N6O4S/c1-28(2,3)38-26(35)33-14-8-11-22-23(18-33)30-25(39-4)31-24(22)32-15-16-34(21(17-32)12-13-29)27(36)37-19-20-9-6-5-7-10-20/h5-7,9-10,21H,8,11-12,14-19H2,1-4H3/t21-/m0/s1. The predicted molar refractivity (Wildman–Crippen MR) is 148 cm³/mol. The number of rotatable bonds is 5. The van der Waals surface area contributed by atoms with Crippen LogP contribution in [0.2, 0.25) is 0 Å². The third-order valence-corrected chi connectivity index (χ3v) is 7.18. The first-order valence-corrected chi connectivity index (χ1v) is 14.4. The van der Waals surface area contributed by atoms with Crippen molar-refractivity contribution in [2.24, 2.45) is 0 Å². The van der Waals surface area contributed by atoms with Crippen LogP contribution in [0.15, 0.2) is 35.5 Å². The number of carbonyl (C=O) groups excluding carboxylic acids is 2. The minimum absolute atomic E-state index is 0.184. The van der Waals surface area contributed by atoms with E-state index in [-0.39, 0.29) is 25.2 Å². The van der Waals surface area contributed by atoms with Gasteiger partial charge in [-0.25, -0.2) is 19.6 Å². The van der Waals surface area contributed by atoms with Gasteiger partial charge in [-0.1, -0.05) is 42.1 Å². The van der Waals surface area contributed by atoms with E-state index < -0.39 is 11.7 Å². The lowest BCUT2D eigenvalue weighted by Crippen LogP contribution is -2.55. The Morgan fingerprint density at radius 3 is 2.59 bits per heavy atom. The molecule has 0 N–H and O–H groups in total. The van der Waals surface area contributed by atoms with Crippen LogP contribution in [-0.4, -0.2) is 76.0 Å². The molecule has 39 heavy (non-hydrogen) atoms. The number of anilines is 1. The normalized spacial score (nSPS) is 17.6. The summed E-state index contributed by atoms with van der Waals surface area (Å²) in [7, 11) is 0. The molecule has 2 aromatic rings. The molecular weight excluding hydrogens is 516 g/mol. The lowest BCUT2D eigenvalue weighted by atomic mass is 10.1. The number of ether oxygens (including phenoxy) is 2. The van der Waals surface area contributed by atoms with Crippen LogP contribution in [0.25, 0.3) is 0 Å². The van der Waals surface area contributed by atoms with Crippen LogP contribution < -0.4 is 4.90 Å². The third kappa shape index (κ3) is 7.32.